The van der Waals surface area contributed by atoms with Crippen LogP contribution in [0.1, 0.15) is 12.8 Å². The van der Waals surface area contributed by atoms with Crippen LogP contribution in [0.2, 0.25) is 0 Å². The quantitative estimate of drug-likeness (QED) is 0.196. The van der Waals surface area contributed by atoms with Gasteiger partial charge >= 0.3 is 0 Å². The number of carbonyl (C=O) groups is 1. The third-order valence-corrected chi connectivity index (χ3v) is 1.27. The molecule has 0 aromatic rings. The van der Waals surface area contributed by atoms with Gasteiger partial charge in [0.25, 0.3) is 0 Å². The normalized spacial score (nSPS) is 9.44. The molecule has 0 radical (unpaired) electrons. The lowest BCUT2D eigenvalue weighted by Crippen LogP contribution is -1.95. The highest BCUT2D eigenvalue weighted by molar-refractivity contribution is 7.94. The lowest BCUT2D eigenvalue weighted by Gasteiger charge is -1.93. The van der Waals surface area contributed by atoms with E-state index in [1.807, 2.05) is 0 Å². The average molecular weight is 151 g/mol. The highest BCUT2D eigenvalue weighted by Crippen LogP contribution is 2.03. The van der Waals surface area contributed by atoms with Gasteiger partial charge in [0, 0.05) is 24.2 Å². The van der Waals surface area contributed by atoms with Crippen LogP contribution in [0.15, 0.2) is 0 Å². The molecule has 0 aromatic carbocycles. The van der Waals surface area contributed by atoms with Crippen molar-refractivity contribution >= 4 is 18.3 Å². The first kappa shape index (κ1) is 8.90. The van der Waals surface area contributed by atoms with Crippen LogP contribution in [-0.2, 0) is 14.1 Å². The monoisotopic (exact) mass is 151 g/mol. The van der Waals surface area contributed by atoms with Crippen molar-refractivity contribution in [2.75, 3.05) is 5.75 Å². The van der Waals surface area contributed by atoms with E-state index < -0.39 is 0 Å². The lowest BCUT2D eigenvalue weighted by molar-refractivity contribution is -0.195. The Labute approximate surface area is 57.8 Å². The first-order valence-corrected chi connectivity index (χ1v) is 3.41. The molecule has 0 aliphatic rings. The molecule has 0 bridgehead atoms. The van der Waals surface area contributed by atoms with E-state index in [-0.39, 0.29) is 0 Å². The van der Waals surface area contributed by atoms with Crippen molar-refractivity contribution in [3.05, 3.63) is 0 Å². The Morgan fingerprint density at radius 3 is 3.00 bits per heavy atom. The molecular formula is C4H9NO3S. The Hall–Kier alpha value is -0.100. The molecule has 0 spiro atoms. The number of unbranched alkanes of at least 4 members (excludes halogenated alkanes) is 1. The number of hydrogen-bond donors (Lipinski definition) is 1. The maximum Gasteiger partial charge on any atom is 0.120 e. The molecule has 9 heavy (non-hydrogen) atoms. The second-order valence-corrected chi connectivity index (χ2v) is 2.08. The van der Waals surface area contributed by atoms with Gasteiger partial charge in [-0.1, -0.05) is 0 Å². The standard InChI is InChI=1S/C4H9NO3S/c5-7-8-9-4-2-1-3-6/h3H,1-2,4-5H2. The summed E-state index contributed by atoms with van der Waals surface area (Å²) in [6.07, 6.45) is 2.21. The highest BCUT2D eigenvalue weighted by Gasteiger charge is 1.87. The zero-order chi connectivity index (χ0) is 6.95. The molecule has 0 saturated carbocycles. The number of aldehydes is 1. The molecule has 0 saturated heterocycles. The van der Waals surface area contributed by atoms with E-state index in [1.165, 1.54) is 0 Å². The third-order valence-electron chi connectivity index (χ3n) is 0.637. The predicted octanol–water partition coefficient (Wildman–Crippen LogP) is 0.436. The minimum atomic E-state index is 0.556. The van der Waals surface area contributed by atoms with Crippen LogP contribution in [0.25, 0.3) is 0 Å². The fraction of sp³-hybridized carbons (Fsp3) is 0.750. The second-order valence-electron chi connectivity index (χ2n) is 1.30. The van der Waals surface area contributed by atoms with Gasteiger partial charge in [-0.3, -0.25) is 0 Å². The fourth-order valence-corrected chi connectivity index (χ4v) is 0.696. The number of hydrogen-bond acceptors (Lipinski definition) is 5. The summed E-state index contributed by atoms with van der Waals surface area (Å²) in [5.41, 5.74) is 0. The van der Waals surface area contributed by atoms with Crippen molar-refractivity contribution < 1.29 is 14.1 Å². The highest BCUT2D eigenvalue weighted by atomic mass is 32.2. The molecule has 0 amide bonds. The lowest BCUT2D eigenvalue weighted by atomic mass is 10.4. The van der Waals surface area contributed by atoms with Crippen molar-refractivity contribution in [3.63, 3.8) is 0 Å². The molecule has 4 nitrogen and oxygen atoms in total. The van der Waals surface area contributed by atoms with Gasteiger partial charge in [0.15, 0.2) is 0 Å². The van der Waals surface area contributed by atoms with E-state index in [0.29, 0.717) is 6.42 Å². The van der Waals surface area contributed by atoms with Crippen LogP contribution in [0, 0.1) is 0 Å². The molecule has 0 atom stereocenters. The topological polar surface area (TPSA) is 61.6 Å². The summed E-state index contributed by atoms with van der Waals surface area (Å²) in [6.45, 7) is 0. The van der Waals surface area contributed by atoms with Gasteiger partial charge in [-0.2, -0.15) is 5.90 Å². The first-order chi connectivity index (χ1) is 4.41. The Morgan fingerprint density at radius 1 is 1.67 bits per heavy atom. The Morgan fingerprint density at radius 2 is 2.44 bits per heavy atom. The Kier molecular flexibility index (Phi) is 7.81. The van der Waals surface area contributed by atoms with Crippen LogP contribution in [0.4, 0.5) is 0 Å². The largest absolute Gasteiger partial charge is 0.303 e. The summed E-state index contributed by atoms with van der Waals surface area (Å²) in [6, 6.07) is 0. The van der Waals surface area contributed by atoms with Crippen molar-refractivity contribution in [2.45, 2.75) is 12.8 Å². The first-order valence-electron chi connectivity index (χ1n) is 2.50. The molecule has 0 fully saturated rings. The summed E-state index contributed by atoms with van der Waals surface area (Å²) >= 11 is 1.09. The van der Waals surface area contributed by atoms with Crippen LogP contribution in [-0.4, -0.2) is 12.0 Å². The minimum absolute atomic E-state index is 0.556. The number of rotatable bonds is 6. The molecule has 2 N–H and O–H groups in total. The summed E-state index contributed by atoms with van der Waals surface area (Å²) in [4.78, 5) is 13.5. The van der Waals surface area contributed by atoms with Gasteiger partial charge in [0.2, 0.25) is 0 Å². The van der Waals surface area contributed by atoms with Gasteiger partial charge in [-0.25, -0.2) is 0 Å². The SMILES string of the molecule is NOOSCCCC=O. The van der Waals surface area contributed by atoms with Crippen molar-refractivity contribution in [3.8, 4) is 0 Å². The maximum atomic E-state index is 9.73. The molecule has 0 rings (SSSR count). The number of carbonyl (C=O) groups excluding carboxylic acids is 1. The smallest absolute Gasteiger partial charge is 0.120 e. The van der Waals surface area contributed by atoms with Crippen LogP contribution >= 0.6 is 12.0 Å². The second kappa shape index (κ2) is 7.90. The van der Waals surface area contributed by atoms with Crippen LogP contribution < -0.4 is 5.90 Å². The molecular weight excluding hydrogens is 142 g/mol. The third kappa shape index (κ3) is 7.90. The van der Waals surface area contributed by atoms with Gasteiger partial charge in [-0.15, -0.1) is 9.32 Å². The van der Waals surface area contributed by atoms with E-state index in [2.05, 4.69) is 15.2 Å². The van der Waals surface area contributed by atoms with E-state index in [1.54, 1.807) is 0 Å². The van der Waals surface area contributed by atoms with Gasteiger partial charge in [-0.05, 0) is 6.42 Å². The summed E-state index contributed by atoms with van der Waals surface area (Å²) in [7, 11) is 0. The zero-order valence-electron chi connectivity index (χ0n) is 4.91. The van der Waals surface area contributed by atoms with Gasteiger partial charge < -0.3 is 4.79 Å². The van der Waals surface area contributed by atoms with Crippen LogP contribution in [0.3, 0.4) is 0 Å². The van der Waals surface area contributed by atoms with E-state index in [9.17, 15) is 4.79 Å². The molecule has 0 aromatic heterocycles. The summed E-state index contributed by atoms with van der Waals surface area (Å²) in [5.74, 6) is 5.25. The van der Waals surface area contributed by atoms with Crippen LogP contribution in [0.5, 0.6) is 0 Å². The van der Waals surface area contributed by atoms with Gasteiger partial charge in [0.1, 0.15) is 6.29 Å². The summed E-state index contributed by atoms with van der Waals surface area (Å²) in [5, 5.41) is 0. The van der Waals surface area contributed by atoms with Gasteiger partial charge in [0.05, 0.1) is 0 Å². The van der Waals surface area contributed by atoms with Crippen molar-refractivity contribution in [1.82, 2.24) is 0 Å². The molecule has 54 valence electrons. The molecule has 0 aliphatic heterocycles. The molecule has 5 heteroatoms. The molecule has 0 unspecified atom stereocenters. The van der Waals surface area contributed by atoms with Crippen molar-refractivity contribution in [1.29, 1.82) is 0 Å². The van der Waals surface area contributed by atoms with E-state index >= 15 is 0 Å². The minimum Gasteiger partial charge on any atom is -0.303 e. The maximum absolute atomic E-state index is 9.73. The summed E-state index contributed by atoms with van der Waals surface area (Å²) < 4.78 is 4.26. The Bertz CT molecular complexity index is 70.8. The van der Waals surface area contributed by atoms with Crippen molar-refractivity contribution in [2.24, 2.45) is 5.90 Å². The molecule has 0 aliphatic carbocycles. The van der Waals surface area contributed by atoms with E-state index in [0.717, 1.165) is 30.5 Å². The molecule has 0 heterocycles. The Balaban J connectivity index is 2.66. The zero-order valence-corrected chi connectivity index (χ0v) is 5.73. The van der Waals surface area contributed by atoms with E-state index in [4.69, 9.17) is 0 Å². The number of nitrogens with two attached hydrogens (primary N) is 1. The average Bonchev–Trinajstić information content (AvgIpc) is 1.89. The predicted molar refractivity (Wildman–Crippen MR) is 34.1 cm³/mol. The fourth-order valence-electron chi connectivity index (χ4n) is 0.287.